The van der Waals surface area contributed by atoms with Crippen molar-refractivity contribution in [1.29, 1.82) is 0 Å². The Morgan fingerprint density at radius 1 is 1.18 bits per heavy atom. The maximum Gasteiger partial charge on any atom is 0.338 e. The molecule has 0 radical (unpaired) electrons. The molecular formula is C19H19BrN2O6. The van der Waals surface area contributed by atoms with Gasteiger partial charge in [0.1, 0.15) is 5.75 Å². The first-order chi connectivity index (χ1) is 13.3. The molecule has 0 heterocycles. The molecule has 9 heteroatoms. The largest absolute Gasteiger partial charge is 0.496 e. The molecule has 148 valence electrons. The van der Waals surface area contributed by atoms with Gasteiger partial charge in [-0.25, -0.2) is 4.79 Å². The lowest BCUT2D eigenvalue weighted by Crippen LogP contribution is -2.26. The number of nitrogens with zero attached hydrogens (tertiary/aromatic N) is 2. The van der Waals surface area contributed by atoms with Crippen molar-refractivity contribution in [2.75, 3.05) is 20.8 Å². The summed E-state index contributed by atoms with van der Waals surface area (Å²) in [6, 6.07) is 8.92. The van der Waals surface area contributed by atoms with Crippen LogP contribution in [0.25, 0.3) is 0 Å². The van der Waals surface area contributed by atoms with E-state index in [2.05, 4.69) is 15.9 Å². The SMILES string of the molecule is CCOC(=O)c1cc(C(=O)N(C)Cc2cc(Br)ccc2OC)cc([N+](=O)[O-])c1. The van der Waals surface area contributed by atoms with E-state index in [-0.39, 0.29) is 30.0 Å². The highest BCUT2D eigenvalue weighted by Crippen LogP contribution is 2.25. The van der Waals surface area contributed by atoms with Crippen molar-refractivity contribution < 1.29 is 24.0 Å². The van der Waals surface area contributed by atoms with Crippen LogP contribution in [0, 0.1) is 10.1 Å². The van der Waals surface area contributed by atoms with Gasteiger partial charge in [-0.3, -0.25) is 14.9 Å². The van der Waals surface area contributed by atoms with Crippen molar-refractivity contribution in [2.45, 2.75) is 13.5 Å². The summed E-state index contributed by atoms with van der Waals surface area (Å²) >= 11 is 3.38. The van der Waals surface area contributed by atoms with Gasteiger partial charge in [0.2, 0.25) is 0 Å². The summed E-state index contributed by atoms with van der Waals surface area (Å²) in [7, 11) is 3.09. The number of ether oxygens (including phenoxy) is 2. The quantitative estimate of drug-likeness (QED) is 0.361. The molecule has 0 atom stereocenters. The number of amides is 1. The zero-order chi connectivity index (χ0) is 20.8. The minimum Gasteiger partial charge on any atom is -0.496 e. The Bertz CT molecular complexity index is 915. The smallest absolute Gasteiger partial charge is 0.338 e. The molecule has 2 aromatic carbocycles. The standard InChI is InChI=1S/C19H19BrN2O6/c1-4-28-19(24)13-7-12(9-16(10-13)22(25)26)18(23)21(2)11-14-8-15(20)5-6-17(14)27-3/h5-10H,4,11H2,1-3H3. The molecule has 0 unspecified atom stereocenters. The average molecular weight is 451 g/mol. The summed E-state index contributed by atoms with van der Waals surface area (Å²) in [4.78, 5) is 36.8. The first-order valence-electron chi connectivity index (χ1n) is 8.31. The van der Waals surface area contributed by atoms with E-state index in [1.54, 1.807) is 20.0 Å². The third-order valence-electron chi connectivity index (χ3n) is 3.88. The lowest BCUT2D eigenvalue weighted by Gasteiger charge is -2.19. The van der Waals surface area contributed by atoms with Gasteiger partial charge in [0.25, 0.3) is 11.6 Å². The number of carbonyl (C=O) groups is 2. The van der Waals surface area contributed by atoms with Crippen molar-refractivity contribution in [2.24, 2.45) is 0 Å². The zero-order valence-electron chi connectivity index (χ0n) is 15.6. The summed E-state index contributed by atoms with van der Waals surface area (Å²) in [5.74, 6) is -0.595. The Morgan fingerprint density at radius 3 is 2.46 bits per heavy atom. The van der Waals surface area contributed by atoms with Gasteiger partial charge in [-0.05, 0) is 31.2 Å². The van der Waals surface area contributed by atoms with Gasteiger partial charge in [0, 0.05) is 41.3 Å². The fourth-order valence-electron chi connectivity index (χ4n) is 2.59. The molecule has 0 saturated heterocycles. The molecule has 28 heavy (non-hydrogen) atoms. The summed E-state index contributed by atoms with van der Waals surface area (Å²) in [6.45, 7) is 1.95. The lowest BCUT2D eigenvalue weighted by atomic mass is 10.1. The molecular weight excluding hydrogens is 432 g/mol. The number of hydrogen-bond acceptors (Lipinski definition) is 6. The van der Waals surface area contributed by atoms with Crippen molar-refractivity contribution in [3.8, 4) is 5.75 Å². The van der Waals surface area contributed by atoms with Crippen LogP contribution in [0.2, 0.25) is 0 Å². The second kappa shape index (κ2) is 9.32. The first kappa shape index (κ1) is 21.4. The van der Waals surface area contributed by atoms with Crippen LogP contribution in [0.4, 0.5) is 5.69 Å². The third-order valence-corrected chi connectivity index (χ3v) is 4.38. The third kappa shape index (κ3) is 5.07. The molecule has 0 aliphatic heterocycles. The van der Waals surface area contributed by atoms with Crippen molar-refractivity contribution in [3.05, 3.63) is 67.7 Å². The van der Waals surface area contributed by atoms with Gasteiger partial charge in [-0.1, -0.05) is 15.9 Å². The Labute approximate surface area is 170 Å². The van der Waals surface area contributed by atoms with Crippen molar-refractivity contribution >= 4 is 33.5 Å². The molecule has 0 spiro atoms. The van der Waals surface area contributed by atoms with Crippen LogP contribution in [0.3, 0.4) is 0 Å². The van der Waals surface area contributed by atoms with Crippen molar-refractivity contribution in [3.63, 3.8) is 0 Å². The van der Waals surface area contributed by atoms with E-state index in [0.29, 0.717) is 5.75 Å². The van der Waals surface area contributed by atoms with E-state index in [1.807, 2.05) is 12.1 Å². The number of nitro groups is 1. The van der Waals surface area contributed by atoms with E-state index in [0.717, 1.165) is 22.2 Å². The molecule has 1 amide bonds. The number of nitro benzene ring substituents is 1. The molecule has 0 N–H and O–H groups in total. The highest BCUT2D eigenvalue weighted by atomic mass is 79.9. The van der Waals surface area contributed by atoms with Crippen LogP contribution in [0.5, 0.6) is 5.75 Å². The van der Waals surface area contributed by atoms with Gasteiger partial charge < -0.3 is 14.4 Å². The van der Waals surface area contributed by atoms with E-state index in [9.17, 15) is 19.7 Å². The second-order valence-corrected chi connectivity index (χ2v) is 6.78. The van der Waals surface area contributed by atoms with Crippen LogP contribution in [0.1, 0.15) is 33.2 Å². The van der Waals surface area contributed by atoms with Gasteiger partial charge in [-0.15, -0.1) is 0 Å². The van der Waals surface area contributed by atoms with Crippen LogP contribution >= 0.6 is 15.9 Å². The minimum absolute atomic E-state index is 0.0220. The number of esters is 1. The van der Waals surface area contributed by atoms with E-state index < -0.39 is 16.8 Å². The van der Waals surface area contributed by atoms with Crippen LogP contribution in [0.15, 0.2) is 40.9 Å². The van der Waals surface area contributed by atoms with Crippen LogP contribution in [-0.4, -0.2) is 42.5 Å². The van der Waals surface area contributed by atoms with Crippen LogP contribution in [-0.2, 0) is 11.3 Å². The predicted molar refractivity (Wildman–Crippen MR) is 106 cm³/mol. The highest BCUT2D eigenvalue weighted by Gasteiger charge is 2.21. The Hall–Kier alpha value is -2.94. The Balaban J connectivity index is 2.35. The molecule has 0 aliphatic carbocycles. The fourth-order valence-corrected chi connectivity index (χ4v) is 3.00. The minimum atomic E-state index is -0.725. The highest BCUT2D eigenvalue weighted by molar-refractivity contribution is 9.10. The number of non-ortho nitro benzene ring substituents is 1. The normalized spacial score (nSPS) is 10.3. The molecule has 2 aromatic rings. The maximum absolute atomic E-state index is 12.8. The summed E-state index contributed by atoms with van der Waals surface area (Å²) in [6.07, 6.45) is 0. The molecule has 8 nitrogen and oxygen atoms in total. The van der Waals surface area contributed by atoms with E-state index in [1.165, 1.54) is 18.1 Å². The van der Waals surface area contributed by atoms with Gasteiger partial charge in [0.15, 0.2) is 0 Å². The molecule has 0 bridgehead atoms. The number of halogens is 1. The fraction of sp³-hybridized carbons (Fsp3) is 0.263. The van der Waals surface area contributed by atoms with Gasteiger partial charge in [0.05, 0.1) is 24.2 Å². The summed E-state index contributed by atoms with van der Waals surface area (Å²) in [5, 5.41) is 11.2. The Morgan fingerprint density at radius 2 is 1.86 bits per heavy atom. The Kier molecular flexibility index (Phi) is 7.11. The van der Waals surface area contributed by atoms with E-state index in [4.69, 9.17) is 9.47 Å². The number of methoxy groups -OCH3 is 1. The molecule has 0 saturated carbocycles. The second-order valence-electron chi connectivity index (χ2n) is 5.86. The summed E-state index contributed by atoms with van der Waals surface area (Å²) < 4.78 is 11.0. The van der Waals surface area contributed by atoms with E-state index >= 15 is 0 Å². The predicted octanol–water partition coefficient (Wildman–Crippen LogP) is 3.81. The van der Waals surface area contributed by atoms with Gasteiger partial charge >= 0.3 is 5.97 Å². The molecule has 0 aromatic heterocycles. The monoisotopic (exact) mass is 450 g/mol. The molecule has 0 aliphatic rings. The lowest BCUT2D eigenvalue weighted by molar-refractivity contribution is -0.384. The number of hydrogen-bond donors (Lipinski definition) is 0. The van der Waals surface area contributed by atoms with Crippen molar-refractivity contribution in [1.82, 2.24) is 4.90 Å². The van der Waals surface area contributed by atoms with Crippen LogP contribution < -0.4 is 4.74 Å². The number of rotatable bonds is 7. The first-order valence-corrected chi connectivity index (χ1v) is 9.10. The average Bonchev–Trinajstić information content (AvgIpc) is 2.67. The summed E-state index contributed by atoms with van der Waals surface area (Å²) in [5.41, 5.74) is 0.368. The molecule has 0 fully saturated rings. The number of benzene rings is 2. The zero-order valence-corrected chi connectivity index (χ0v) is 17.2. The molecule has 2 rings (SSSR count). The van der Waals surface area contributed by atoms with Gasteiger partial charge in [-0.2, -0.15) is 0 Å². The maximum atomic E-state index is 12.8. The topological polar surface area (TPSA) is 99.0 Å². The number of carbonyl (C=O) groups excluding carboxylic acids is 2.